The van der Waals surface area contributed by atoms with Crippen molar-refractivity contribution in [2.24, 2.45) is 0 Å². The monoisotopic (exact) mass is 556 g/mol. The van der Waals surface area contributed by atoms with Gasteiger partial charge in [0, 0.05) is 35.2 Å². The number of carboxylic acids is 1. The number of ether oxygens (including phenoxy) is 2. The van der Waals surface area contributed by atoms with E-state index in [1.807, 2.05) is 54.6 Å². The third-order valence-corrected chi connectivity index (χ3v) is 7.64. The Morgan fingerprint density at radius 2 is 1.62 bits per heavy atom. The zero-order chi connectivity index (χ0) is 27.9. The molecule has 1 saturated heterocycles. The number of carboxylic acid groups (broad SMARTS) is 1. The lowest BCUT2D eigenvalue weighted by molar-refractivity contribution is -0.245. The van der Waals surface area contributed by atoms with Crippen LogP contribution in [-0.4, -0.2) is 38.9 Å². The second kappa shape index (κ2) is 12.9. The van der Waals surface area contributed by atoms with Gasteiger partial charge in [0.25, 0.3) is 5.91 Å². The van der Waals surface area contributed by atoms with E-state index in [0.29, 0.717) is 28.5 Å². The van der Waals surface area contributed by atoms with E-state index in [4.69, 9.17) is 9.47 Å². The molecule has 204 valence electrons. The molecule has 0 spiro atoms. The van der Waals surface area contributed by atoms with Gasteiger partial charge < -0.3 is 25.0 Å². The number of aromatic carboxylic acids is 1. The number of benzene rings is 3. The van der Waals surface area contributed by atoms with Gasteiger partial charge in [-0.15, -0.1) is 11.8 Å². The predicted octanol–water partition coefficient (Wildman–Crippen LogP) is 5.86. The predicted molar refractivity (Wildman–Crippen MR) is 151 cm³/mol. The van der Waals surface area contributed by atoms with E-state index in [-0.39, 0.29) is 30.3 Å². The van der Waals surface area contributed by atoms with Crippen molar-refractivity contribution in [1.29, 1.82) is 0 Å². The lowest BCUT2D eigenvalue weighted by Crippen LogP contribution is -2.31. The molecule has 1 fully saturated rings. The number of nitrogens with zero attached hydrogens (tertiary/aromatic N) is 1. The summed E-state index contributed by atoms with van der Waals surface area (Å²) in [5.74, 6) is -0.743. The first-order valence-electron chi connectivity index (χ1n) is 12.8. The van der Waals surface area contributed by atoms with E-state index in [2.05, 4.69) is 10.3 Å². The molecule has 1 aromatic heterocycles. The van der Waals surface area contributed by atoms with Gasteiger partial charge in [-0.2, -0.15) is 0 Å². The molecule has 4 aromatic rings. The molecular weight excluding hydrogens is 528 g/mol. The third kappa shape index (κ3) is 6.75. The van der Waals surface area contributed by atoms with E-state index >= 15 is 0 Å². The Bertz CT molecular complexity index is 1450. The second-order valence-corrected chi connectivity index (χ2v) is 10.3. The Morgan fingerprint density at radius 3 is 2.33 bits per heavy atom. The fourth-order valence-corrected chi connectivity index (χ4v) is 5.38. The van der Waals surface area contributed by atoms with Crippen molar-refractivity contribution in [3.8, 4) is 0 Å². The molecule has 1 amide bonds. The summed E-state index contributed by atoms with van der Waals surface area (Å²) in [6.07, 6.45) is 0.919. The maximum atomic E-state index is 12.5. The highest BCUT2D eigenvalue weighted by Gasteiger charge is 2.32. The highest BCUT2D eigenvalue weighted by atomic mass is 32.2. The van der Waals surface area contributed by atoms with E-state index in [9.17, 15) is 19.8 Å². The molecule has 0 saturated carbocycles. The lowest BCUT2D eigenvalue weighted by atomic mass is 10.0. The molecule has 2 heterocycles. The average molecular weight is 557 g/mol. The number of nitrogens with one attached hydrogen (secondary N) is 1. The number of amides is 1. The van der Waals surface area contributed by atoms with Gasteiger partial charge in [-0.25, -0.2) is 9.78 Å². The van der Waals surface area contributed by atoms with Gasteiger partial charge in [-0.3, -0.25) is 4.79 Å². The van der Waals surface area contributed by atoms with Crippen molar-refractivity contribution < 1.29 is 29.3 Å². The number of pyridine rings is 1. The SMILES string of the molecule is O=C(Nc1ccc(C2OC(CSc3ncccc3C(=O)O)CC(c3ccc(CO)cc3)O2)cc1)c1ccccc1. The molecule has 1 aliphatic heterocycles. The summed E-state index contributed by atoms with van der Waals surface area (Å²) in [4.78, 5) is 28.4. The van der Waals surface area contributed by atoms with E-state index in [0.717, 1.165) is 16.7 Å². The first kappa shape index (κ1) is 27.5. The van der Waals surface area contributed by atoms with Gasteiger partial charge in [-0.05, 0) is 47.5 Å². The smallest absolute Gasteiger partial charge is 0.338 e. The van der Waals surface area contributed by atoms with Gasteiger partial charge in [0.15, 0.2) is 6.29 Å². The van der Waals surface area contributed by atoms with E-state index in [1.54, 1.807) is 36.5 Å². The number of carbonyl (C=O) groups is 2. The van der Waals surface area contributed by atoms with Crippen LogP contribution < -0.4 is 5.32 Å². The lowest BCUT2D eigenvalue weighted by Gasteiger charge is -2.36. The largest absolute Gasteiger partial charge is 0.478 e. The van der Waals surface area contributed by atoms with Crippen LogP contribution in [0.5, 0.6) is 0 Å². The Balaban J connectivity index is 1.33. The van der Waals surface area contributed by atoms with Crippen molar-refractivity contribution in [1.82, 2.24) is 4.98 Å². The van der Waals surface area contributed by atoms with Crippen LogP contribution in [0.1, 0.15) is 56.2 Å². The zero-order valence-corrected chi connectivity index (χ0v) is 22.3. The number of aliphatic hydroxyl groups excluding tert-OH is 1. The summed E-state index contributed by atoms with van der Waals surface area (Å²) in [6, 6.07) is 27.1. The molecule has 8 nitrogen and oxygen atoms in total. The number of rotatable bonds is 9. The van der Waals surface area contributed by atoms with Gasteiger partial charge in [0.2, 0.25) is 0 Å². The summed E-state index contributed by atoms with van der Waals surface area (Å²) >= 11 is 1.34. The van der Waals surface area contributed by atoms with Crippen molar-refractivity contribution in [2.45, 2.75) is 36.6 Å². The van der Waals surface area contributed by atoms with Crippen molar-refractivity contribution in [3.63, 3.8) is 0 Å². The van der Waals surface area contributed by atoms with Gasteiger partial charge in [0.05, 0.1) is 24.4 Å². The van der Waals surface area contributed by atoms with Crippen molar-refractivity contribution >= 4 is 29.3 Å². The van der Waals surface area contributed by atoms with Gasteiger partial charge >= 0.3 is 5.97 Å². The number of thioether (sulfide) groups is 1. The fourth-order valence-electron chi connectivity index (χ4n) is 4.38. The minimum Gasteiger partial charge on any atom is -0.478 e. The number of aromatic nitrogens is 1. The molecule has 3 aromatic carbocycles. The third-order valence-electron chi connectivity index (χ3n) is 6.50. The molecule has 3 unspecified atom stereocenters. The molecule has 0 radical (unpaired) electrons. The van der Waals surface area contributed by atoms with Gasteiger partial charge in [0.1, 0.15) is 5.03 Å². The van der Waals surface area contributed by atoms with Crippen LogP contribution in [0.2, 0.25) is 0 Å². The average Bonchev–Trinajstić information content (AvgIpc) is 3.01. The van der Waals surface area contributed by atoms with E-state index in [1.165, 1.54) is 17.8 Å². The van der Waals surface area contributed by atoms with Crippen molar-refractivity contribution in [2.75, 3.05) is 11.1 Å². The highest BCUT2D eigenvalue weighted by molar-refractivity contribution is 7.99. The summed E-state index contributed by atoms with van der Waals surface area (Å²) in [5.41, 5.74) is 3.92. The van der Waals surface area contributed by atoms with Crippen LogP contribution in [0.25, 0.3) is 0 Å². The molecule has 0 bridgehead atoms. The molecule has 5 rings (SSSR count). The number of hydrogen-bond acceptors (Lipinski definition) is 7. The Hall–Kier alpha value is -4.02. The maximum Gasteiger partial charge on any atom is 0.338 e. The Morgan fingerprint density at radius 1 is 0.900 bits per heavy atom. The molecule has 0 aliphatic carbocycles. The zero-order valence-electron chi connectivity index (χ0n) is 21.5. The highest BCUT2D eigenvalue weighted by Crippen LogP contribution is 2.39. The van der Waals surface area contributed by atoms with Crippen molar-refractivity contribution in [3.05, 3.63) is 125 Å². The van der Waals surface area contributed by atoms with Crippen LogP contribution in [-0.2, 0) is 16.1 Å². The van der Waals surface area contributed by atoms with Crippen LogP contribution in [0.3, 0.4) is 0 Å². The molecule has 40 heavy (non-hydrogen) atoms. The molecule has 9 heteroatoms. The number of hydrogen-bond donors (Lipinski definition) is 3. The minimum atomic E-state index is -1.03. The first-order chi connectivity index (χ1) is 19.5. The number of carbonyl (C=O) groups excluding carboxylic acids is 1. The maximum absolute atomic E-state index is 12.5. The van der Waals surface area contributed by atoms with Crippen LogP contribution in [0.15, 0.2) is 102 Å². The molecule has 3 atom stereocenters. The first-order valence-corrected chi connectivity index (χ1v) is 13.8. The Kier molecular flexibility index (Phi) is 8.87. The van der Waals surface area contributed by atoms with Crippen LogP contribution >= 0.6 is 11.8 Å². The molecule has 3 N–H and O–H groups in total. The molecular formula is C31H28N2O6S. The normalized spacial score (nSPS) is 18.7. The summed E-state index contributed by atoms with van der Waals surface area (Å²) in [6.45, 7) is -0.0417. The Labute approximate surface area is 236 Å². The second-order valence-electron chi connectivity index (χ2n) is 9.26. The quantitative estimate of drug-likeness (QED) is 0.219. The summed E-state index contributed by atoms with van der Waals surface area (Å²) in [5, 5.41) is 22.3. The number of aliphatic hydroxyl groups is 1. The topological polar surface area (TPSA) is 118 Å². The van der Waals surface area contributed by atoms with Crippen LogP contribution in [0, 0.1) is 0 Å². The standard InChI is InChI=1S/C31H28N2O6S/c34-18-20-8-10-21(11-9-20)27-17-25(19-40-29-26(30(36)37)7-4-16-32-29)38-31(39-27)23-12-14-24(15-13-23)33-28(35)22-5-2-1-3-6-22/h1-16,25,27,31,34H,17-19H2,(H,33,35)(H,36,37). The van der Waals surface area contributed by atoms with Crippen LogP contribution in [0.4, 0.5) is 5.69 Å². The number of anilines is 1. The van der Waals surface area contributed by atoms with Gasteiger partial charge in [-0.1, -0.05) is 54.6 Å². The molecule has 1 aliphatic rings. The summed E-state index contributed by atoms with van der Waals surface area (Å²) < 4.78 is 12.7. The fraction of sp³-hybridized carbons (Fsp3) is 0.194. The van der Waals surface area contributed by atoms with E-state index < -0.39 is 12.3 Å². The minimum absolute atomic E-state index is 0.0417. The summed E-state index contributed by atoms with van der Waals surface area (Å²) in [7, 11) is 0.